The summed E-state index contributed by atoms with van der Waals surface area (Å²) < 4.78 is 0. The Labute approximate surface area is 104 Å². The van der Waals surface area contributed by atoms with E-state index in [0.717, 1.165) is 5.56 Å². The van der Waals surface area contributed by atoms with Crippen LogP contribution in [0, 0.1) is 0 Å². The van der Waals surface area contributed by atoms with Crippen molar-refractivity contribution in [1.82, 2.24) is 10.3 Å². The van der Waals surface area contributed by atoms with Gasteiger partial charge in [0.25, 0.3) is 5.91 Å². The zero-order valence-electron chi connectivity index (χ0n) is 9.06. The highest BCUT2D eigenvalue weighted by molar-refractivity contribution is 6.29. The van der Waals surface area contributed by atoms with Crippen LogP contribution in [-0.4, -0.2) is 10.9 Å². The largest absolute Gasteiger partial charge is 0.348 e. The van der Waals surface area contributed by atoms with Crippen LogP contribution in [0.2, 0.25) is 5.15 Å². The molecule has 0 saturated carbocycles. The molecule has 0 radical (unpaired) electrons. The first-order chi connectivity index (χ1) is 8.25. The molecule has 0 aliphatic heterocycles. The second-order valence-electron chi connectivity index (χ2n) is 3.54. The highest BCUT2D eigenvalue weighted by Crippen LogP contribution is 2.07. The van der Waals surface area contributed by atoms with Crippen molar-refractivity contribution in [3.8, 4) is 0 Å². The predicted octanol–water partition coefficient (Wildman–Crippen LogP) is 2.67. The fourth-order valence-electron chi connectivity index (χ4n) is 1.42. The molecule has 0 spiro atoms. The topological polar surface area (TPSA) is 42.0 Å². The molecule has 0 aliphatic carbocycles. The van der Waals surface area contributed by atoms with Crippen LogP contribution in [0.3, 0.4) is 0 Å². The fourth-order valence-corrected chi connectivity index (χ4v) is 1.60. The number of pyridine rings is 1. The number of carbonyl (C=O) groups excluding carboxylic acids is 1. The summed E-state index contributed by atoms with van der Waals surface area (Å²) in [6.07, 6.45) is 1.51. The maximum absolute atomic E-state index is 11.8. The minimum Gasteiger partial charge on any atom is -0.348 e. The van der Waals surface area contributed by atoms with E-state index < -0.39 is 0 Å². The lowest BCUT2D eigenvalue weighted by Crippen LogP contribution is -2.22. The highest BCUT2D eigenvalue weighted by atomic mass is 35.5. The van der Waals surface area contributed by atoms with Crippen LogP contribution < -0.4 is 5.32 Å². The Hall–Kier alpha value is -1.87. The molecule has 1 N–H and O–H groups in total. The number of amides is 1. The Balaban J connectivity index is 1.98. The zero-order chi connectivity index (χ0) is 12.1. The van der Waals surface area contributed by atoms with Crippen molar-refractivity contribution >= 4 is 17.5 Å². The van der Waals surface area contributed by atoms with Gasteiger partial charge in [0.1, 0.15) is 5.15 Å². The van der Waals surface area contributed by atoms with Crippen molar-refractivity contribution in [2.24, 2.45) is 0 Å². The molecule has 0 aliphatic rings. The van der Waals surface area contributed by atoms with Crippen molar-refractivity contribution in [3.05, 3.63) is 64.9 Å². The fraction of sp³-hybridized carbons (Fsp3) is 0.0769. The van der Waals surface area contributed by atoms with Crippen molar-refractivity contribution in [2.75, 3.05) is 0 Å². The molecule has 86 valence electrons. The van der Waals surface area contributed by atoms with Crippen LogP contribution >= 0.6 is 11.6 Å². The minimum atomic E-state index is -0.154. The van der Waals surface area contributed by atoms with Gasteiger partial charge in [-0.15, -0.1) is 0 Å². The Kier molecular flexibility index (Phi) is 3.73. The molecule has 0 bridgehead atoms. The van der Waals surface area contributed by atoms with Crippen molar-refractivity contribution in [1.29, 1.82) is 0 Å². The van der Waals surface area contributed by atoms with E-state index in [1.807, 2.05) is 30.3 Å². The monoisotopic (exact) mass is 246 g/mol. The van der Waals surface area contributed by atoms with Gasteiger partial charge in [0.15, 0.2) is 0 Å². The molecule has 1 aromatic carbocycles. The molecule has 1 amide bonds. The third-order valence-corrected chi connectivity index (χ3v) is 2.49. The van der Waals surface area contributed by atoms with Crippen LogP contribution in [0.1, 0.15) is 15.9 Å². The van der Waals surface area contributed by atoms with Gasteiger partial charge in [-0.05, 0) is 17.7 Å². The third-order valence-electron chi connectivity index (χ3n) is 2.28. The summed E-state index contributed by atoms with van der Waals surface area (Å²) in [5.74, 6) is -0.154. The summed E-state index contributed by atoms with van der Waals surface area (Å²) in [5, 5.41) is 3.13. The average molecular weight is 247 g/mol. The number of nitrogens with one attached hydrogen (secondary N) is 1. The second kappa shape index (κ2) is 5.46. The van der Waals surface area contributed by atoms with Gasteiger partial charge >= 0.3 is 0 Å². The van der Waals surface area contributed by atoms with Crippen LogP contribution in [0.5, 0.6) is 0 Å². The van der Waals surface area contributed by atoms with Gasteiger partial charge in [-0.2, -0.15) is 0 Å². The number of aromatic nitrogens is 1. The van der Waals surface area contributed by atoms with E-state index in [9.17, 15) is 4.79 Å². The van der Waals surface area contributed by atoms with E-state index in [2.05, 4.69) is 10.3 Å². The average Bonchev–Trinajstić information content (AvgIpc) is 2.37. The number of rotatable bonds is 3. The van der Waals surface area contributed by atoms with Gasteiger partial charge in [-0.3, -0.25) is 4.79 Å². The summed E-state index contributed by atoms with van der Waals surface area (Å²) in [7, 11) is 0. The predicted molar refractivity (Wildman–Crippen MR) is 66.9 cm³/mol. The number of benzene rings is 1. The van der Waals surface area contributed by atoms with E-state index in [4.69, 9.17) is 11.6 Å². The maximum Gasteiger partial charge on any atom is 0.251 e. The van der Waals surface area contributed by atoms with Crippen molar-refractivity contribution < 1.29 is 4.79 Å². The third kappa shape index (κ3) is 3.29. The normalized spacial score (nSPS) is 9.94. The van der Waals surface area contributed by atoms with Gasteiger partial charge in [0.05, 0.1) is 0 Å². The van der Waals surface area contributed by atoms with Crippen LogP contribution in [0.15, 0.2) is 48.7 Å². The molecule has 1 aromatic heterocycles. The molecule has 4 heteroatoms. The lowest BCUT2D eigenvalue weighted by molar-refractivity contribution is 0.0951. The molecule has 0 unspecified atom stereocenters. The lowest BCUT2D eigenvalue weighted by atomic mass is 10.2. The smallest absolute Gasteiger partial charge is 0.251 e. The van der Waals surface area contributed by atoms with E-state index in [0.29, 0.717) is 17.3 Å². The van der Waals surface area contributed by atoms with Gasteiger partial charge in [-0.25, -0.2) is 4.98 Å². The summed E-state index contributed by atoms with van der Waals surface area (Å²) in [4.78, 5) is 15.6. The van der Waals surface area contributed by atoms with Gasteiger partial charge in [0.2, 0.25) is 0 Å². The molecule has 1 heterocycles. The first-order valence-corrected chi connectivity index (χ1v) is 5.57. The number of carbonyl (C=O) groups is 1. The summed E-state index contributed by atoms with van der Waals surface area (Å²) in [5.41, 5.74) is 1.57. The molecule has 2 rings (SSSR count). The highest BCUT2D eigenvalue weighted by Gasteiger charge is 2.05. The summed E-state index contributed by atoms with van der Waals surface area (Å²) >= 11 is 5.71. The van der Waals surface area contributed by atoms with E-state index >= 15 is 0 Å². The number of halogens is 1. The Bertz CT molecular complexity index is 514. The molecule has 0 fully saturated rings. The quantitative estimate of drug-likeness (QED) is 0.846. The van der Waals surface area contributed by atoms with Crippen LogP contribution in [0.25, 0.3) is 0 Å². The molecule has 3 nitrogen and oxygen atoms in total. The Morgan fingerprint density at radius 2 is 2.00 bits per heavy atom. The number of hydrogen-bond acceptors (Lipinski definition) is 2. The molecule has 17 heavy (non-hydrogen) atoms. The molecular weight excluding hydrogens is 236 g/mol. The summed E-state index contributed by atoms with van der Waals surface area (Å²) in [6.45, 7) is 0.500. The van der Waals surface area contributed by atoms with Crippen molar-refractivity contribution in [2.45, 2.75) is 6.54 Å². The lowest BCUT2D eigenvalue weighted by Gasteiger charge is -2.05. The SMILES string of the molecule is O=C(NCc1ccccc1)c1ccnc(Cl)c1. The first kappa shape index (κ1) is 11.6. The van der Waals surface area contributed by atoms with E-state index in [-0.39, 0.29) is 5.91 Å². The molecular formula is C13H11ClN2O. The minimum absolute atomic E-state index is 0.154. The van der Waals surface area contributed by atoms with Crippen molar-refractivity contribution in [3.63, 3.8) is 0 Å². The van der Waals surface area contributed by atoms with E-state index in [1.165, 1.54) is 6.20 Å². The molecule has 0 saturated heterocycles. The Morgan fingerprint density at radius 1 is 1.24 bits per heavy atom. The van der Waals surface area contributed by atoms with Gasteiger partial charge in [0, 0.05) is 18.3 Å². The Morgan fingerprint density at radius 3 is 2.71 bits per heavy atom. The second-order valence-corrected chi connectivity index (χ2v) is 3.92. The van der Waals surface area contributed by atoms with E-state index in [1.54, 1.807) is 12.1 Å². The standard InChI is InChI=1S/C13H11ClN2O/c14-12-8-11(6-7-15-12)13(17)16-9-10-4-2-1-3-5-10/h1-8H,9H2,(H,16,17). The summed E-state index contributed by atoms with van der Waals surface area (Å²) in [6, 6.07) is 12.9. The molecule has 2 aromatic rings. The van der Waals surface area contributed by atoms with Crippen LogP contribution in [0.4, 0.5) is 0 Å². The van der Waals surface area contributed by atoms with Gasteiger partial charge in [-0.1, -0.05) is 41.9 Å². The van der Waals surface area contributed by atoms with Crippen LogP contribution in [-0.2, 0) is 6.54 Å². The number of nitrogens with zero attached hydrogens (tertiary/aromatic N) is 1. The zero-order valence-corrected chi connectivity index (χ0v) is 9.82. The maximum atomic E-state index is 11.8. The molecule has 0 atom stereocenters. The first-order valence-electron chi connectivity index (χ1n) is 5.19. The van der Waals surface area contributed by atoms with Gasteiger partial charge < -0.3 is 5.32 Å². The number of hydrogen-bond donors (Lipinski definition) is 1.